The molecule has 1 aliphatic rings. The van der Waals surface area contributed by atoms with Gasteiger partial charge in [-0.1, -0.05) is 0 Å². The Kier molecular flexibility index (Phi) is 4.42. The number of hydrogen-bond acceptors (Lipinski definition) is 4. The molecule has 100 valence electrons. The number of aliphatic hydroxyl groups excluding tert-OH is 1. The molecular formula is C12H17BrN2O3. The highest BCUT2D eigenvalue weighted by atomic mass is 79.9. The van der Waals surface area contributed by atoms with Crippen LogP contribution >= 0.6 is 15.9 Å². The zero-order valence-corrected chi connectivity index (χ0v) is 11.9. The fraction of sp³-hybridized carbons (Fsp3) is 0.583. The van der Waals surface area contributed by atoms with Crippen LogP contribution in [0.4, 0.5) is 0 Å². The fourth-order valence-electron chi connectivity index (χ4n) is 2.09. The molecule has 1 atom stereocenters. The zero-order chi connectivity index (χ0) is 13.1. The lowest BCUT2D eigenvalue weighted by atomic mass is 10.2. The number of furan rings is 1. The Morgan fingerprint density at radius 3 is 2.61 bits per heavy atom. The lowest BCUT2D eigenvalue weighted by Crippen LogP contribution is -2.50. The summed E-state index contributed by atoms with van der Waals surface area (Å²) < 4.78 is 5.83. The zero-order valence-electron chi connectivity index (χ0n) is 10.3. The summed E-state index contributed by atoms with van der Waals surface area (Å²) in [5.74, 6) is 0.295. The van der Waals surface area contributed by atoms with E-state index in [1.54, 1.807) is 24.0 Å². The average molecular weight is 317 g/mol. The number of hydrogen-bond donors (Lipinski definition) is 1. The molecule has 2 heterocycles. The summed E-state index contributed by atoms with van der Waals surface area (Å²) in [6, 6.07) is 3.39. The summed E-state index contributed by atoms with van der Waals surface area (Å²) in [4.78, 5) is 16.0. The van der Waals surface area contributed by atoms with Crippen LogP contribution in [0.3, 0.4) is 0 Å². The van der Waals surface area contributed by atoms with Crippen molar-refractivity contribution in [3.05, 3.63) is 22.6 Å². The van der Waals surface area contributed by atoms with Gasteiger partial charge in [0.1, 0.15) is 0 Å². The van der Waals surface area contributed by atoms with Crippen molar-refractivity contribution in [2.75, 3.05) is 32.7 Å². The minimum Gasteiger partial charge on any atom is -0.444 e. The summed E-state index contributed by atoms with van der Waals surface area (Å²) in [5.41, 5.74) is 0. The maximum Gasteiger partial charge on any atom is 0.289 e. The molecule has 5 nitrogen and oxygen atoms in total. The van der Waals surface area contributed by atoms with Gasteiger partial charge in [0.15, 0.2) is 10.4 Å². The summed E-state index contributed by atoms with van der Waals surface area (Å²) in [5, 5.41) is 9.32. The monoisotopic (exact) mass is 316 g/mol. The number of rotatable bonds is 3. The van der Waals surface area contributed by atoms with Crippen molar-refractivity contribution in [1.29, 1.82) is 0 Å². The van der Waals surface area contributed by atoms with Crippen LogP contribution in [0.25, 0.3) is 0 Å². The molecule has 1 aromatic rings. The molecule has 0 unspecified atom stereocenters. The Balaban J connectivity index is 1.88. The average Bonchev–Trinajstić information content (AvgIpc) is 2.75. The second-order valence-corrected chi connectivity index (χ2v) is 5.33. The maximum absolute atomic E-state index is 12.1. The second-order valence-electron chi connectivity index (χ2n) is 4.55. The fourth-order valence-corrected chi connectivity index (χ4v) is 2.40. The van der Waals surface area contributed by atoms with Crippen molar-refractivity contribution >= 4 is 21.8 Å². The van der Waals surface area contributed by atoms with E-state index in [2.05, 4.69) is 20.8 Å². The standard InChI is InChI=1S/C12H17BrN2O3/c1-9(16)8-14-4-6-15(7-5-14)12(17)10-2-3-11(13)18-10/h2-3,9,16H,4-8H2,1H3/t9-/m0/s1. The van der Waals surface area contributed by atoms with E-state index in [9.17, 15) is 9.90 Å². The Hall–Kier alpha value is -0.850. The summed E-state index contributed by atoms with van der Waals surface area (Å²) in [6.07, 6.45) is -0.326. The van der Waals surface area contributed by atoms with Gasteiger partial charge >= 0.3 is 0 Å². The lowest BCUT2D eigenvalue weighted by Gasteiger charge is -2.34. The SMILES string of the molecule is C[C@H](O)CN1CCN(C(=O)c2ccc(Br)o2)CC1. The van der Waals surface area contributed by atoms with E-state index in [1.165, 1.54) is 0 Å². The van der Waals surface area contributed by atoms with Crippen LogP contribution in [0.1, 0.15) is 17.5 Å². The predicted octanol–water partition coefficient (Wildman–Crippen LogP) is 1.18. The highest BCUT2D eigenvalue weighted by Gasteiger charge is 2.24. The van der Waals surface area contributed by atoms with Crippen molar-refractivity contribution in [1.82, 2.24) is 9.80 Å². The van der Waals surface area contributed by atoms with E-state index in [1.807, 2.05) is 0 Å². The van der Waals surface area contributed by atoms with Gasteiger partial charge in [-0.3, -0.25) is 9.69 Å². The number of piperazine rings is 1. The molecule has 1 N–H and O–H groups in total. The third kappa shape index (κ3) is 3.34. The van der Waals surface area contributed by atoms with E-state index in [0.717, 1.165) is 13.1 Å². The normalized spacial score (nSPS) is 18.9. The molecule has 1 aliphatic heterocycles. The third-order valence-corrected chi connectivity index (χ3v) is 3.39. The van der Waals surface area contributed by atoms with Gasteiger partial charge in [-0.05, 0) is 35.0 Å². The lowest BCUT2D eigenvalue weighted by molar-refractivity contribution is 0.0527. The number of aliphatic hydroxyl groups is 1. The Morgan fingerprint density at radius 2 is 2.11 bits per heavy atom. The first-order valence-corrected chi connectivity index (χ1v) is 6.80. The van der Waals surface area contributed by atoms with E-state index in [-0.39, 0.29) is 12.0 Å². The van der Waals surface area contributed by atoms with Crippen LogP contribution < -0.4 is 0 Å². The van der Waals surface area contributed by atoms with Gasteiger partial charge in [0.25, 0.3) is 5.91 Å². The quantitative estimate of drug-likeness (QED) is 0.910. The predicted molar refractivity (Wildman–Crippen MR) is 70.4 cm³/mol. The molecule has 18 heavy (non-hydrogen) atoms. The Labute approximate surface area is 114 Å². The third-order valence-electron chi connectivity index (χ3n) is 2.97. The Morgan fingerprint density at radius 1 is 1.44 bits per heavy atom. The van der Waals surface area contributed by atoms with Crippen LogP contribution in [0, 0.1) is 0 Å². The summed E-state index contributed by atoms with van der Waals surface area (Å²) in [7, 11) is 0. The van der Waals surface area contributed by atoms with E-state index < -0.39 is 0 Å². The van der Waals surface area contributed by atoms with Crippen LogP contribution in [0.15, 0.2) is 21.2 Å². The molecule has 0 bridgehead atoms. The van der Waals surface area contributed by atoms with Crippen molar-refractivity contribution < 1.29 is 14.3 Å². The van der Waals surface area contributed by atoms with Gasteiger partial charge in [0.05, 0.1) is 6.10 Å². The minimum absolute atomic E-state index is 0.0719. The molecule has 1 fully saturated rings. The second kappa shape index (κ2) is 5.86. The van der Waals surface area contributed by atoms with Crippen LogP contribution in [-0.4, -0.2) is 59.6 Å². The van der Waals surface area contributed by atoms with Crippen LogP contribution in [0.5, 0.6) is 0 Å². The number of halogens is 1. The van der Waals surface area contributed by atoms with Crippen molar-refractivity contribution in [3.8, 4) is 0 Å². The summed E-state index contributed by atoms with van der Waals surface area (Å²) >= 11 is 3.19. The molecule has 0 saturated carbocycles. The first-order chi connectivity index (χ1) is 8.56. The molecule has 0 spiro atoms. The molecule has 0 aliphatic carbocycles. The molecule has 0 radical (unpaired) electrons. The van der Waals surface area contributed by atoms with Crippen LogP contribution in [0.2, 0.25) is 0 Å². The molecule has 2 rings (SSSR count). The van der Waals surface area contributed by atoms with Crippen molar-refractivity contribution in [3.63, 3.8) is 0 Å². The number of carbonyl (C=O) groups is 1. The van der Waals surface area contributed by atoms with E-state index in [4.69, 9.17) is 4.42 Å². The highest BCUT2D eigenvalue weighted by Crippen LogP contribution is 2.16. The Bertz CT molecular complexity index is 411. The summed E-state index contributed by atoms with van der Waals surface area (Å²) in [6.45, 7) is 5.36. The number of nitrogens with zero attached hydrogens (tertiary/aromatic N) is 2. The molecule has 0 aromatic carbocycles. The number of carbonyl (C=O) groups excluding carboxylic acids is 1. The molecule has 6 heteroatoms. The molecule has 1 amide bonds. The first-order valence-electron chi connectivity index (χ1n) is 6.01. The smallest absolute Gasteiger partial charge is 0.289 e. The topological polar surface area (TPSA) is 56.9 Å². The van der Waals surface area contributed by atoms with Gasteiger partial charge in [-0.15, -0.1) is 0 Å². The van der Waals surface area contributed by atoms with Crippen LogP contribution in [-0.2, 0) is 0 Å². The number of amides is 1. The van der Waals surface area contributed by atoms with Gasteiger partial charge in [0, 0.05) is 32.7 Å². The largest absolute Gasteiger partial charge is 0.444 e. The molecule has 1 aromatic heterocycles. The highest BCUT2D eigenvalue weighted by molar-refractivity contribution is 9.10. The van der Waals surface area contributed by atoms with Gasteiger partial charge in [-0.2, -0.15) is 0 Å². The van der Waals surface area contributed by atoms with Gasteiger partial charge < -0.3 is 14.4 Å². The molecular weight excluding hydrogens is 300 g/mol. The first kappa shape index (κ1) is 13.6. The molecule has 1 saturated heterocycles. The van der Waals surface area contributed by atoms with Crippen molar-refractivity contribution in [2.45, 2.75) is 13.0 Å². The van der Waals surface area contributed by atoms with E-state index >= 15 is 0 Å². The number of β-amino-alcohol motifs (C(OH)–C–C–N with tert-alkyl or cyclic N) is 1. The van der Waals surface area contributed by atoms with E-state index in [0.29, 0.717) is 30.1 Å². The maximum atomic E-state index is 12.1. The van der Waals surface area contributed by atoms with Crippen molar-refractivity contribution in [2.24, 2.45) is 0 Å². The minimum atomic E-state index is -0.326. The van der Waals surface area contributed by atoms with Gasteiger partial charge in [-0.25, -0.2) is 0 Å². The van der Waals surface area contributed by atoms with Gasteiger partial charge in [0.2, 0.25) is 0 Å².